The smallest absolute Gasteiger partial charge is 0.287 e. The molecule has 1 atom stereocenters. The van der Waals surface area contributed by atoms with Crippen molar-refractivity contribution < 1.29 is 28.8 Å². The zero-order valence-electron chi connectivity index (χ0n) is 19.3. The highest BCUT2D eigenvalue weighted by Crippen LogP contribution is 2.34. The van der Waals surface area contributed by atoms with Crippen LogP contribution in [0.2, 0.25) is 10.0 Å². The third-order valence-corrected chi connectivity index (χ3v) is 6.32. The van der Waals surface area contributed by atoms with Crippen LogP contribution >= 0.6 is 23.2 Å². The van der Waals surface area contributed by atoms with Crippen LogP contribution in [0.3, 0.4) is 0 Å². The highest BCUT2D eigenvalue weighted by molar-refractivity contribution is 6.37. The summed E-state index contributed by atoms with van der Waals surface area (Å²) >= 11 is 12.2. The Bertz CT molecular complexity index is 1470. The summed E-state index contributed by atoms with van der Waals surface area (Å²) in [7, 11) is 1.46. The molecule has 12 heteroatoms. The predicted octanol–water partition coefficient (Wildman–Crippen LogP) is 4.84. The van der Waals surface area contributed by atoms with Gasteiger partial charge in [0, 0.05) is 16.7 Å². The number of nitro benzene ring substituents is 1. The molecule has 3 aromatic carbocycles. The van der Waals surface area contributed by atoms with Gasteiger partial charge < -0.3 is 4.74 Å². The molecule has 10 nitrogen and oxygen atoms in total. The monoisotopic (exact) mass is 541 g/mol. The molecule has 0 unspecified atom stereocenters. The fraction of sp³-hybridized carbons (Fsp3) is 0.120. The van der Waals surface area contributed by atoms with Gasteiger partial charge in [0.25, 0.3) is 23.4 Å². The van der Waals surface area contributed by atoms with E-state index in [1.54, 1.807) is 0 Å². The molecule has 0 radical (unpaired) electrons. The zero-order valence-corrected chi connectivity index (χ0v) is 20.8. The highest BCUT2D eigenvalue weighted by atomic mass is 35.5. The van der Waals surface area contributed by atoms with Crippen molar-refractivity contribution in [2.75, 3.05) is 7.11 Å². The highest BCUT2D eigenvalue weighted by Gasteiger charge is 2.48. The number of amides is 3. The number of ketones is 1. The summed E-state index contributed by atoms with van der Waals surface area (Å²) in [5.74, 6) is -3.23. The summed E-state index contributed by atoms with van der Waals surface area (Å²) in [5, 5.41) is 12.8. The van der Waals surface area contributed by atoms with Gasteiger partial charge in [-0.3, -0.25) is 29.3 Å². The quantitative estimate of drug-likeness (QED) is 0.181. The first-order valence-corrected chi connectivity index (χ1v) is 11.4. The van der Waals surface area contributed by atoms with Gasteiger partial charge in [-0.05, 0) is 55.5 Å². The van der Waals surface area contributed by atoms with Gasteiger partial charge in [0.1, 0.15) is 17.4 Å². The van der Waals surface area contributed by atoms with E-state index in [1.807, 2.05) is 0 Å². The molecule has 1 aliphatic rings. The Morgan fingerprint density at radius 1 is 1.03 bits per heavy atom. The molecule has 0 saturated carbocycles. The molecular formula is C25H17Cl2N3O7. The van der Waals surface area contributed by atoms with E-state index in [9.17, 15) is 29.3 Å². The molecule has 0 aliphatic carbocycles. The van der Waals surface area contributed by atoms with Crippen molar-refractivity contribution in [3.8, 4) is 5.75 Å². The molecule has 0 fully saturated rings. The lowest BCUT2D eigenvalue weighted by molar-refractivity contribution is -0.385. The summed E-state index contributed by atoms with van der Waals surface area (Å²) < 4.78 is 5.10. The second kappa shape index (κ2) is 10.00. The van der Waals surface area contributed by atoms with E-state index in [2.05, 4.69) is 0 Å². The summed E-state index contributed by atoms with van der Waals surface area (Å²) in [5.41, 5.74) is -1.35. The largest absolute Gasteiger partial charge is 0.497 e. The third kappa shape index (κ3) is 4.52. The van der Waals surface area contributed by atoms with E-state index in [1.165, 1.54) is 68.6 Å². The lowest BCUT2D eigenvalue weighted by atomic mass is 10.0. The minimum absolute atomic E-state index is 0.0887. The van der Waals surface area contributed by atoms with Crippen LogP contribution in [0, 0.1) is 10.1 Å². The molecule has 0 N–H and O–H groups in total. The first-order valence-electron chi connectivity index (χ1n) is 10.7. The zero-order chi connectivity index (χ0) is 27.0. The number of fused-ring (bicyclic) bond motifs is 1. The van der Waals surface area contributed by atoms with Gasteiger partial charge >= 0.3 is 0 Å². The number of benzene rings is 3. The molecule has 3 aromatic rings. The second-order valence-corrected chi connectivity index (χ2v) is 8.77. The number of halogens is 2. The number of nitrogens with zero attached hydrogens (tertiary/aromatic N) is 3. The fourth-order valence-electron chi connectivity index (χ4n) is 3.94. The van der Waals surface area contributed by atoms with Crippen LogP contribution in [-0.2, 0) is 0 Å². The van der Waals surface area contributed by atoms with Crippen molar-refractivity contribution in [3.63, 3.8) is 0 Å². The Morgan fingerprint density at radius 2 is 1.70 bits per heavy atom. The molecule has 0 saturated heterocycles. The maximum Gasteiger partial charge on any atom is 0.287 e. The van der Waals surface area contributed by atoms with Crippen molar-refractivity contribution in [2.24, 2.45) is 0 Å². The number of hydrogen-bond donors (Lipinski definition) is 0. The molecule has 0 bridgehead atoms. The van der Waals surface area contributed by atoms with Gasteiger partial charge in [-0.2, -0.15) is 5.01 Å². The van der Waals surface area contributed by atoms with E-state index in [4.69, 9.17) is 27.9 Å². The van der Waals surface area contributed by atoms with Crippen molar-refractivity contribution in [1.82, 2.24) is 10.0 Å². The number of hydrogen-bond acceptors (Lipinski definition) is 7. The van der Waals surface area contributed by atoms with Crippen LogP contribution in [0.25, 0.3) is 0 Å². The first kappa shape index (κ1) is 25.8. The maximum atomic E-state index is 13.7. The van der Waals surface area contributed by atoms with Gasteiger partial charge in [0.05, 0.1) is 28.2 Å². The van der Waals surface area contributed by atoms with Crippen LogP contribution in [0.5, 0.6) is 5.75 Å². The van der Waals surface area contributed by atoms with Gasteiger partial charge in [0.15, 0.2) is 5.78 Å². The Hall–Kier alpha value is -4.28. The Labute approximate surface area is 220 Å². The fourth-order valence-corrected chi connectivity index (χ4v) is 4.43. The van der Waals surface area contributed by atoms with Crippen molar-refractivity contribution in [1.29, 1.82) is 0 Å². The first-order chi connectivity index (χ1) is 17.6. The van der Waals surface area contributed by atoms with Gasteiger partial charge in [0.2, 0.25) is 0 Å². The van der Waals surface area contributed by atoms with Crippen molar-refractivity contribution >= 4 is 52.4 Å². The number of methoxy groups -OCH3 is 1. The number of Topliss-reactive ketones (excluding diaryl/α,β-unsaturated/α-hetero) is 1. The lowest BCUT2D eigenvalue weighted by Crippen LogP contribution is -2.56. The minimum Gasteiger partial charge on any atom is -0.497 e. The van der Waals surface area contributed by atoms with Crippen LogP contribution in [-0.4, -0.2) is 51.6 Å². The Kier molecular flexibility index (Phi) is 6.97. The number of carbonyl (C=O) groups is 4. The lowest BCUT2D eigenvalue weighted by Gasteiger charge is -2.34. The molecule has 1 heterocycles. The minimum atomic E-state index is -1.41. The number of imide groups is 1. The number of nitro groups is 1. The summed E-state index contributed by atoms with van der Waals surface area (Å²) in [6.07, 6.45) is 0. The molecule has 0 spiro atoms. The molecule has 0 aromatic heterocycles. The Morgan fingerprint density at radius 3 is 2.30 bits per heavy atom. The molecular weight excluding hydrogens is 525 g/mol. The molecule has 3 amide bonds. The van der Waals surface area contributed by atoms with Gasteiger partial charge in [-0.15, -0.1) is 0 Å². The van der Waals surface area contributed by atoms with Crippen molar-refractivity contribution in [2.45, 2.75) is 13.0 Å². The van der Waals surface area contributed by atoms with E-state index < -0.39 is 45.7 Å². The molecule has 4 rings (SSSR count). The average molecular weight is 542 g/mol. The van der Waals surface area contributed by atoms with E-state index in [-0.39, 0.29) is 26.7 Å². The van der Waals surface area contributed by atoms with Crippen molar-refractivity contribution in [3.05, 3.63) is 103 Å². The molecule has 1 aliphatic heterocycles. The molecule has 188 valence electrons. The standard InChI is InChI=1S/C25H17Cl2N3O7/c1-13(22(31)14-6-9-16(37-2)10-7-14)28(23(32)17-11-8-15(26)12-19(17)27)29-24(33)18-4-3-5-20(30(35)36)21(18)25(29)34/h3-13H,1-2H3/t13-/m0/s1. The number of hydrazine groups is 1. The third-order valence-electron chi connectivity index (χ3n) is 5.77. The summed E-state index contributed by atoms with van der Waals surface area (Å²) in [6.45, 7) is 1.33. The van der Waals surface area contributed by atoms with E-state index >= 15 is 0 Å². The summed E-state index contributed by atoms with van der Waals surface area (Å²) in [6, 6.07) is 12.1. The topological polar surface area (TPSA) is 127 Å². The molecule has 37 heavy (non-hydrogen) atoms. The van der Waals surface area contributed by atoms with Crippen LogP contribution < -0.4 is 4.74 Å². The SMILES string of the molecule is COc1ccc(C(=O)[C@H](C)N(C(=O)c2ccc(Cl)cc2Cl)N2C(=O)c3cccc([N+](=O)[O-])c3C2=O)cc1. The van der Waals surface area contributed by atoms with Crippen LogP contribution in [0.1, 0.15) is 48.4 Å². The predicted molar refractivity (Wildman–Crippen MR) is 133 cm³/mol. The number of rotatable bonds is 7. The van der Waals surface area contributed by atoms with Crippen LogP contribution in [0.4, 0.5) is 5.69 Å². The normalized spacial score (nSPS) is 13.2. The second-order valence-electron chi connectivity index (χ2n) is 7.92. The van der Waals surface area contributed by atoms with E-state index in [0.29, 0.717) is 15.8 Å². The maximum absolute atomic E-state index is 13.7. The number of ether oxygens (including phenoxy) is 1. The number of carbonyl (C=O) groups excluding carboxylic acids is 4. The van der Waals surface area contributed by atoms with E-state index in [0.717, 1.165) is 6.07 Å². The average Bonchev–Trinajstić information content (AvgIpc) is 3.13. The van der Waals surface area contributed by atoms with Gasteiger partial charge in [-0.1, -0.05) is 29.3 Å². The van der Waals surface area contributed by atoms with Gasteiger partial charge in [-0.25, -0.2) is 5.01 Å². The Balaban J connectivity index is 1.84. The van der Waals surface area contributed by atoms with Crippen LogP contribution in [0.15, 0.2) is 60.7 Å². The summed E-state index contributed by atoms with van der Waals surface area (Å²) in [4.78, 5) is 64.7.